The summed E-state index contributed by atoms with van der Waals surface area (Å²) in [4.78, 5) is 2.50. The van der Waals surface area contributed by atoms with Gasteiger partial charge >= 0.3 is 0 Å². The van der Waals surface area contributed by atoms with Crippen LogP contribution in [0.5, 0.6) is 0 Å². The molecule has 2 heterocycles. The highest BCUT2D eigenvalue weighted by Gasteiger charge is 2.18. The summed E-state index contributed by atoms with van der Waals surface area (Å²) in [5.41, 5.74) is 1.40. The number of fused-ring (bicyclic) bond motifs is 1. The number of hydrogen-bond acceptors (Lipinski definition) is 2. The Hall–Kier alpha value is -1.02. The smallest absolute Gasteiger partial charge is 0.0380 e. The molecule has 0 spiro atoms. The van der Waals surface area contributed by atoms with Crippen LogP contribution in [0.3, 0.4) is 0 Å². The van der Waals surface area contributed by atoms with Crippen molar-refractivity contribution in [2.75, 3.05) is 18.0 Å². The fourth-order valence-corrected chi connectivity index (χ4v) is 3.13. The van der Waals surface area contributed by atoms with Gasteiger partial charge in [0.25, 0.3) is 0 Å². The lowest BCUT2D eigenvalue weighted by atomic mass is 10.2. The van der Waals surface area contributed by atoms with Crippen LogP contribution in [0, 0.1) is 5.92 Å². The van der Waals surface area contributed by atoms with E-state index in [9.17, 15) is 0 Å². The standard InChI is InChI=1S/C13H15NS/c1-10-4-6-14(9-10)12-3-2-11-5-7-15-13(11)8-12/h2-3,5,7-8,10H,4,6,9H2,1H3. The lowest BCUT2D eigenvalue weighted by Crippen LogP contribution is -2.18. The van der Waals surface area contributed by atoms with Crippen LogP contribution in [-0.4, -0.2) is 13.1 Å². The maximum Gasteiger partial charge on any atom is 0.0380 e. The van der Waals surface area contributed by atoms with Crippen molar-refractivity contribution in [3.8, 4) is 0 Å². The Bertz CT molecular complexity index is 474. The summed E-state index contributed by atoms with van der Waals surface area (Å²) in [6.45, 7) is 4.78. The first-order valence-corrected chi connectivity index (χ1v) is 6.43. The predicted molar refractivity (Wildman–Crippen MR) is 67.8 cm³/mol. The Morgan fingerprint density at radius 3 is 3.07 bits per heavy atom. The van der Waals surface area contributed by atoms with Gasteiger partial charge in [-0.15, -0.1) is 11.3 Å². The minimum Gasteiger partial charge on any atom is -0.371 e. The third kappa shape index (κ3) is 1.63. The molecule has 1 aliphatic heterocycles. The second-order valence-electron chi connectivity index (χ2n) is 4.48. The molecular weight excluding hydrogens is 202 g/mol. The molecule has 1 aromatic heterocycles. The normalized spacial score (nSPS) is 21.4. The van der Waals surface area contributed by atoms with Crippen molar-refractivity contribution in [2.24, 2.45) is 5.92 Å². The summed E-state index contributed by atoms with van der Waals surface area (Å²) < 4.78 is 1.41. The summed E-state index contributed by atoms with van der Waals surface area (Å²) >= 11 is 1.83. The molecule has 1 atom stereocenters. The molecule has 0 bridgehead atoms. The largest absolute Gasteiger partial charge is 0.371 e. The van der Waals surface area contributed by atoms with Gasteiger partial charge in [0.2, 0.25) is 0 Å². The number of thiophene rings is 1. The minimum atomic E-state index is 0.851. The van der Waals surface area contributed by atoms with E-state index in [-0.39, 0.29) is 0 Å². The molecule has 78 valence electrons. The first kappa shape index (κ1) is 9.22. The fraction of sp³-hybridized carbons (Fsp3) is 0.385. The molecule has 2 aromatic rings. The van der Waals surface area contributed by atoms with Crippen LogP contribution in [0.15, 0.2) is 29.6 Å². The highest BCUT2D eigenvalue weighted by atomic mass is 32.1. The Kier molecular flexibility index (Phi) is 2.17. The molecular formula is C13H15NS. The van der Waals surface area contributed by atoms with E-state index in [0.717, 1.165) is 5.92 Å². The second-order valence-corrected chi connectivity index (χ2v) is 5.43. The van der Waals surface area contributed by atoms with Gasteiger partial charge in [-0.25, -0.2) is 0 Å². The van der Waals surface area contributed by atoms with E-state index in [1.54, 1.807) is 0 Å². The van der Waals surface area contributed by atoms with Crippen molar-refractivity contribution in [1.82, 2.24) is 0 Å². The van der Waals surface area contributed by atoms with Crippen LogP contribution in [0.4, 0.5) is 5.69 Å². The average molecular weight is 217 g/mol. The van der Waals surface area contributed by atoms with E-state index in [4.69, 9.17) is 0 Å². The topological polar surface area (TPSA) is 3.24 Å². The number of nitrogens with zero attached hydrogens (tertiary/aromatic N) is 1. The number of benzene rings is 1. The Morgan fingerprint density at radius 2 is 2.27 bits per heavy atom. The summed E-state index contributed by atoms with van der Waals surface area (Å²) in [6, 6.07) is 9.02. The summed E-state index contributed by atoms with van der Waals surface area (Å²) in [5, 5.41) is 3.54. The van der Waals surface area contributed by atoms with E-state index in [1.807, 2.05) is 11.3 Å². The van der Waals surface area contributed by atoms with Gasteiger partial charge in [0.1, 0.15) is 0 Å². The highest BCUT2D eigenvalue weighted by molar-refractivity contribution is 7.17. The van der Waals surface area contributed by atoms with Crippen molar-refractivity contribution in [3.05, 3.63) is 29.6 Å². The monoisotopic (exact) mass is 217 g/mol. The average Bonchev–Trinajstić information content (AvgIpc) is 2.84. The zero-order valence-corrected chi connectivity index (χ0v) is 9.76. The number of hydrogen-bond donors (Lipinski definition) is 0. The van der Waals surface area contributed by atoms with Crippen LogP contribution in [-0.2, 0) is 0 Å². The van der Waals surface area contributed by atoms with Gasteiger partial charge in [0, 0.05) is 23.5 Å². The van der Waals surface area contributed by atoms with E-state index in [2.05, 4.69) is 41.5 Å². The molecule has 2 heteroatoms. The first-order chi connectivity index (χ1) is 7.33. The van der Waals surface area contributed by atoms with Crippen molar-refractivity contribution in [3.63, 3.8) is 0 Å². The highest BCUT2D eigenvalue weighted by Crippen LogP contribution is 2.29. The molecule has 0 aliphatic carbocycles. The maximum atomic E-state index is 2.50. The van der Waals surface area contributed by atoms with Crippen LogP contribution < -0.4 is 4.90 Å². The second kappa shape index (κ2) is 3.53. The fourth-order valence-electron chi connectivity index (χ4n) is 2.31. The van der Waals surface area contributed by atoms with Gasteiger partial charge in [-0.3, -0.25) is 0 Å². The summed E-state index contributed by atoms with van der Waals surface area (Å²) in [7, 11) is 0. The third-order valence-electron chi connectivity index (χ3n) is 3.23. The van der Waals surface area contributed by atoms with Crippen molar-refractivity contribution >= 4 is 27.1 Å². The van der Waals surface area contributed by atoms with Crippen molar-refractivity contribution in [2.45, 2.75) is 13.3 Å². The van der Waals surface area contributed by atoms with Crippen LogP contribution in [0.25, 0.3) is 10.1 Å². The van der Waals surface area contributed by atoms with E-state index in [1.165, 1.54) is 35.3 Å². The molecule has 1 fully saturated rings. The molecule has 1 aromatic carbocycles. The van der Waals surface area contributed by atoms with Crippen molar-refractivity contribution < 1.29 is 0 Å². The molecule has 1 unspecified atom stereocenters. The number of rotatable bonds is 1. The van der Waals surface area contributed by atoms with Crippen molar-refractivity contribution in [1.29, 1.82) is 0 Å². The Balaban J connectivity index is 1.97. The summed E-state index contributed by atoms with van der Waals surface area (Å²) in [6.07, 6.45) is 1.34. The van der Waals surface area contributed by atoms with Crippen LogP contribution in [0.2, 0.25) is 0 Å². The Morgan fingerprint density at radius 1 is 1.33 bits per heavy atom. The quantitative estimate of drug-likeness (QED) is 0.703. The zero-order chi connectivity index (χ0) is 10.3. The predicted octanol–water partition coefficient (Wildman–Crippen LogP) is 3.75. The molecule has 0 saturated carbocycles. The third-order valence-corrected chi connectivity index (χ3v) is 4.11. The van der Waals surface area contributed by atoms with Gasteiger partial charge in [0.05, 0.1) is 0 Å². The first-order valence-electron chi connectivity index (χ1n) is 5.55. The number of anilines is 1. The van der Waals surface area contributed by atoms with Crippen LogP contribution >= 0.6 is 11.3 Å². The van der Waals surface area contributed by atoms with Gasteiger partial charge in [-0.1, -0.05) is 13.0 Å². The molecule has 15 heavy (non-hydrogen) atoms. The SMILES string of the molecule is CC1CCN(c2ccc3ccsc3c2)C1. The van der Waals surface area contributed by atoms with E-state index >= 15 is 0 Å². The minimum absolute atomic E-state index is 0.851. The summed E-state index contributed by atoms with van der Waals surface area (Å²) in [5.74, 6) is 0.851. The molecule has 0 N–H and O–H groups in total. The zero-order valence-electron chi connectivity index (χ0n) is 8.94. The van der Waals surface area contributed by atoms with Gasteiger partial charge in [-0.05, 0) is 41.3 Å². The maximum absolute atomic E-state index is 2.50. The molecule has 1 aliphatic rings. The molecule has 3 rings (SSSR count). The van der Waals surface area contributed by atoms with Gasteiger partial charge in [0.15, 0.2) is 0 Å². The van der Waals surface area contributed by atoms with Gasteiger partial charge < -0.3 is 4.90 Å². The molecule has 0 radical (unpaired) electrons. The molecule has 1 saturated heterocycles. The van der Waals surface area contributed by atoms with Gasteiger partial charge in [-0.2, -0.15) is 0 Å². The molecule has 1 nitrogen and oxygen atoms in total. The van der Waals surface area contributed by atoms with E-state index in [0.29, 0.717) is 0 Å². The Labute approximate surface area is 94.3 Å². The van der Waals surface area contributed by atoms with Crippen LogP contribution in [0.1, 0.15) is 13.3 Å². The lowest BCUT2D eigenvalue weighted by molar-refractivity contribution is 0.659. The lowest BCUT2D eigenvalue weighted by Gasteiger charge is -2.18. The molecule has 0 amide bonds. The van der Waals surface area contributed by atoms with E-state index < -0.39 is 0 Å².